The van der Waals surface area contributed by atoms with Crippen LogP contribution in [0.5, 0.6) is 0 Å². The summed E-state index contributed by atoms with van der Waals surface area (Å²) in [7, 11) is -3.65. The van der Waals surface area contributed by atoms with Crippen LogP contribution in [0.2, 0.25) is 0 Å². The summed E-state index contributed by atoms with van der Waals surface area (Å²) in [6, 6.07) is 14.5. The molecule has 8 nitrogen and oxygen atoms in total. The Kier molecular flexibility index (Phi) is 6.38. The van der Waals surface area contributed by atoms with Gasteiger partial charge in [-0.2, -0.15) is 0 Å². The van der Waals surface area contributed by atoms with Crippen LogP contribution >= 0.6 is 0 Å². The van der Waals surface area contributed by atoms with Crippen molar-refractivity contribution in [2.45, 2.75) is 37.5 Å². The van der Waals surface area contributed by atoms with Crippen molar-refractivity contribution in [3.05, 3.63) is 65.5 Å². The number of morpholine rings is 1. The number of sulfonamides is 1. The maximum absolute atomic E-state index is 12.9. The fourth-order valence-corrected chi connectivity index (χ4v) is 5.54. The topological polar surface area (TPSA) is 96.5 Å². The summed E-state index contributed by atoms with van der Waals surface area (Å²) in [5.74, 6) is 2.24. The highest BCUT2D eigenvalue weighted by molar-refractivity contribution is 7.92. The third kappa shape index (κ3) is 5.15. The molecule has 0 atom stereocenters. The first-order valence-electron chi connectivity index (χ1n) is 11.7. The molecule has 0 saturated carbocycles. The summed E-state index contributed by atoms with van der Waals surface area (Å²) in [6.07, 6.45) is 4.24. The molecule has 9 heteroatoms. The Hall–Kier alpha value is -3.17. The molecule has 3 aromatic rings. The Morgan fingerprint density at radius 2 is 1.59 bits per heavy atom. The highest BCUT2D eigenvalue weighted by Gasteiger charge is 2.18. The van der Waals surface area contributed by atoms with E-state index >= 15 is 0 Å². The molecular weight excluding hydrogens is 450 g/mol. The van der Waals surface area contributed by atoms with Gasteiger partial charge in [0.1, 0.15) is 17.5 Å². The fourth-order valence-electron chi connectivity index (χ4n) is 4.43. The van der Waals surface area contributed by atoms with Crippen LogP contribution in [0.1, 0.15) is 29.8 Å². The van der Waals surface area contributed by atoms with E-state index in [0.29, 0.717) is 35.4 Å². The lowest BCUT2D eigenvalue weighted by Gasteiger charge is -2.28. The van der Waals surface area contributed by atoms with Crippen molar-refractivity contribution in [3.8, 4) is 0 Å². The van der Waals surface area contributed by atoms with E-state index < -0.39 is 10.0 Å². The number of fused-ring (bicyclic) bond motifs is 1. The predicted octanol–water partition coefficient (Wildman–Crippen LogP) is 4.04. The first-order valence-corrected chi connectivity index (χ1v) is 13.1. The molecule has 1 fully saturated rings. The van der Waals surface area contributed by atoms with Gasteiger partial charge in [-0.05, 0) is 80.1 Å². The van der Waals surface area contributed by atoms with Crippen LogP contribution in [-0.4, -0.2) is 44.7 Å². The van der Waals surface area contributed by atoms with Crippen molar-refractivity contribution >= 4 is 33.0 Å². The minimum atomic E-state index is -3.65. The average molecular weight is 480 g/mol. The molecule has 1 aromatic heterocycles. The van der Waals surface area contributed by atoms with Crippen LogP contribution < -0.4 is 14.9 Å². The van der Waals surface area contributed by atoms with Gasteiger partial charge in [0, 0.05) is 30.5 Å². The summed E-state index contributed by atoms with van der Waals surface area (Å²) in [4.78, 5) is 11.5. The Labute approximate surface area is 200 Å². The lowest BCUT2D eigenvalue weighted by molar-refractivity contribution is 0.122. The number of aromatic nitrogens is 2. The van der Waals surface area contributed by atoms with Crippen molar-refractivity contribution in [1.82, 2.24) is 9.97 Å². The lowest BCUT2D eigenvalue weighted by atomic mass is 9.92. The standard InChI is InChI=1S/C25H29N5O3S/c1-18-26-24(17-25(27-18)30-12-14-33-15-13-30)28-21-7-9-22(10-8-21)29-34(31,32)23-11-6-19-4-2-3-5-20(19)16-23/h6-11,16-17,29H,2-5,12-15H2,1H3,(H,26,27,28). The average Bonchev–Trinajstić information content (AvgIpc) is 2.85. The van der Waals surface area contributed by atoms with Crippen molar-refractivity contribution in [3.63, 3.8) is 0 Å². The van der Waals surface area contributed by atoms with Gasteiger partial charge >= 0.3 is 0 Å². The van der Waals surface area contributed by atoms with E-state index in [4.69, 9.17) is 4.74 Å². The number of aryl methyl sites for hydroxylation is 3. The molecule has 5 rings (SSSR count). The van der Waals surface area contributed by atoms with Crippen LogP contribution in [0.4, 0.5) is 23.0 Å². The van der Waals surface area contributed by atoms with Crippen molar-refractivity contribution < 1.29 is 13.2 Å². The summed E-state index contributed by atoms with van der Waals surface area (Å²) in [5.41, 5.74) is 3.72. The fraction of sp³-hybridized carbons (Fsp3) is 0.360. The second-order valence-corrected chi connectivity index (χ2v) is 10.4. The lowest BCUT2D eigenvalue weighted by Crippen LogP contribution is -2.36. The molecule has 0 radical (unpaired) electrons. The third-order valence-electron chi connectivity index (χ3n) is 6.20. The molecule has 0 unspecified atom stereocenters. The number of benzene rings is 2. The largest absolute Gasteiger partial charge is 0.378 e. The summed E-state index contributed by atoms with van der Waals surface area (Å²) in [6.45, 7) is 4.85. The van der Waals surface area contributed by atoms with Gasteiger partial charge in [-0.25, -0.2) is 18.4 Å². The zero-order valence-electron chi connectivity index (χ0n) is 19.3. The van der Waals surface area contributed by atoms with Crippen LogP contribution in [0.3, 0.4) is 0 Å². The van der Waals surface area contributed by atoms with Crippen molar-refractivity contribution in [2.24, 2.45) is 0 Å². The normalized spacial score (nSPS) is 16.1. The Morgan fingerprint density at radius 3 is 2.35 bits per heavy atom. The minimum absolute atomic E-state index is 0.308. The van der Waals surface area contributed by atoms with E-state index in [1.165, 1.54) is 12.0 Å². The third-order valence-corrected chi connectivity index (χ3v) is 7.58. The van der Waals surface area contributed by atoms with Gasteiger partial charge in [0.05, 0.1) is 18.1 Å². The number of hydrogen-bond donors (Lipinski definition) is 2. The molecule has 2 aliphatic rings. The van der Waals surface area contributed by atoms with Gasteiger partial charge in [-0.1, -0.05) is 6.07 Å². The number of hydrogen-bond acceptors (Lipinski definition) is 7. The molecule has 178 valence electrons. The summed E-state index contributed by atoms with van der Waals surface area (Å²) < 4.78 is 34.0. The smallest absolute Gasteiger partial charge is 0.261 e. The van der Waals surface area contributed by atoms with E-state index in [-0.39, 0.29) is 0 Å². The van der Waals surface area contributed by atoms with Crippen LogP contribution in [0, 0.1) is 6.92 Å². The maximum Gasteiger partial charge on any atom is 0.261 e. The molecule has 34 heavy (non-hydrogen) atoms. The molecule has 0 spiro atoms. The van der Waals surface area contributed by atoms with Crippen LogP contribution in [0.15, 0.2) is 53.4 Å². The van der Waals surface area contributed by atoms with E-state index in [2.05, 4.69) is 24.9 Å². The minimum Gasteiger partial charge on any atom is -0.378 e. The SMILES string of the molecule is Cc1nc(Nc2ccc(NS(=O)(=O)c3ccc4c(c3)CCCC4)cc2)cc(N2CCOCC2)n1. The Balaban J connectivity index is 1.28. The zero-order chi connectivity index (χ0) is 23.5. The van der Waals surface area contributed by atoms with Crippen LogP contribution in [0.25, 0.3) is 0 Å². The molecule has 2 heterocycles. The van der Waals surface area contributed by atoms with Crippen LogP contribution in [-0.2, 0) is 27.6 Å². The van der Waals surface area contributed by atoms with E-state index in [1.807, 2.05) is 37.3 Å². The molecule has 2 aromatic carbocycles. The molecule has 0 amide bonds. The number of rotatable bonds is 6. The molecule has 2 N–H and O–H groups in total. The number of nitrogens with zero attached hydrogens (tertiary/aromatic N) is 3. The quantitative estimate of drug-likeness (QED) is 0.551. The second-order valence-electron chi connectivity index (χ2n) is 8.70. The first-order chi connectivity index (χ1) is 16.5. The molecule has 0 bridgehead atoms. The predicted molar refractivity (Wildman–Crippen MR) is 133 cm³/mol. The second kappa shape index (κ2) is 9.60. The number of anilines is 4. The Bertz CT molecular complexity index is 1270. The monoisotopic (exact) mass is 479 g/mol. The highest BCUT2D eigenvalue weighted by atomic mass is 32.2. The molecule has 1 saturated heterocycles. The first kappa shape index (κ1) is 22.6. The maximum atomic E-state index is 12.9. The van der Waals surface area contributed by atoms with E-state index in [9.17, 15) is 8.42 Å². The van der Waals surface area contributed by atoms with Gasteiger partial charge in [0.25, 0.3) is 10.0 Å². The van der Waals surface area contributed by atoms with Crippen molar-refractivity contribution in [1.29, 1.82) is 0 Å². The molecular formula is C25H29N5O3S. The van der Waals surface area contributed by atoms with Gasteiger partial charge in [-0.3, -0.25) is 4.72 Å². The van der Waals surface area contributed by atoms with Gasteiger partial charge in [0.2, 0.25) is 0 Å². The van der Waals surface area contributed by atoms with Gasteiger partial charge in [-0.15, -0.1) is 0 Å². The molecule has 1 aliphatic carbocycles. The number of ether oxygens (including phenoxy) is 1. The molecule has 1 aliphatic heterocycles. The van der Waals surface area contributed by atoms with Crippen molar-refractivity contribution in [2.75, 3.05) is 41.2 Å². The summed E-state index contributed by atoms with van der Waals surface area (Å²) >= 11 is 0. The zero-order valence-corrected chi connectivity index (χ0v) is 20.1. The van der Waals surface area contributed by atoms with E-state index in [1.54, 1.807) is 18.2 Å². The number of nitrogens with one attached hydrogen (secondary N) is 2. The Morgan fingerprint density at radius 1 is 0.882 bits per heavy atom. The van der Waals surface area contributed by atoms with E-state index in [0.717, 1.165) is 49.4 Å². The summed E-state index contributed by atoms with van der Waals surface area (Å²) in [5, 5.41) is 3.29. The van der Waals surface area contributed by atoms with Gasteiger partial charge in [0.15, 0.2) is 0 Å². The van der Waals surface area contributed by atoms with Gasteiger partial charge < -0.3 is 15.0 Å². The highest BCUT2D eigenvalue weighted by Crippen LogP contribution is 2.26.